The predicted octanol–water partition coefficient (Wildman–Crippen LogP) is 9.67. The van der Waals surface area contributed by atoms with Gasteiger partial charge in [-0.05, 0) is 33.4 Å². The zero-order valence-corrected chi connectivity index (χ0v) is 29.7. The van der Waals surface area contributed by atoms with E-state index in [0.29, 0.717) is 5.56 Å². The molecular weight excluding hydrogens is 689 g/mol. The third kappa shape index (κ3) is 9.91. The number of halogens is 3. The highest BCUT2D eigenvalue weighted by molar-refractivity contribution is 5.47. The summed E-state index contributed by atoms with van der Waals surface area (Å²) in [6.07, 6.45) is -12.5. The van der Waals surface area contributed by atoms with Crippen molar-refractivity contribution in [1.29, 1.82) is 0 Å². The molecule has 0 aromatic heterocycles. The Morgan fingerprint density at radius 1 is 0.426 bits per heavy atom. The first kappa shape index (κ1) is 38.6. The van der Waals surface area contributed by atoms with E-state index in [-0.39, 0.29) is 26.4 Å². The van der Waals surface area contributed by atoms with Crippen LogP contribution in [0.3, 0.4) is 0 Å². The first-order valence-corrected chi connectivity index (χ1v) is 17.9. The molecular formula is C46H43F3O5. The maximum absolute atomic E-state index is 14.6. The third-order valence-electron chi connectivity index (χ3n) is 9.22. The molecule has 0 amide bonds. The average molecular weight is 733 g/mol. The quantitative estimate of drug-likeness (QED) is 0.0893. The molecule has 1 N–H and O–H groups in total. The molecule has 0 aliphatic carbocycles. The van der Waals surface area contributed by atoms with Gasteiger partial charge in [-0.2, -0.15) is 13.2 Å². The molecule has 0 heterocycles. The van der Waals surface area contributed by atoms with Crippen molar-refractivity contribution in [2.24, 2.45) is 0 Å². The molecule has 6 aromatic carbocycles. The van der Waals surface area contributed by atoms with Gasteiger partial charge in [0.15, 0.2) is 6.10 Å². The van der Waals surface area contributed by atoms with E-state index in [0.717, 1.165) is 27.8 Å². The van der Waals surface area contributed by atoms with Crippen LogP contribution in [0.5, 0.6) is 0 Å². The van der Waals surface area contributed by atoms with E-state index in [4.69, 9.17) is 18.9 Å². The number of aliphatic hydroxyl groups excluding tert-OH is 1. The molecule has 0 spiro atoms. The van der Waals surface area contributed by atoms with Crippen LogP contribution >= 0.6 is 0 Å². The van der Waals surface area contributed by atoms with Gasteiger partial charge < -0.3 is 24.1 Å². The molecule has 54 heavy (non-hydrogen) atoms. The van der Waals surface area contributed by atoms with Crippen LogP contribution in [-0.2, 0) is 44.4 Å². The second-order valence-corrected chi connectivity index (χ2v) is 12.9. The highest BCUT2D eigenvalue weighted by atomic mass is 19.4. The fourth-order valence-corrected chi connectivity index (χ4v) is 6.49. The monoisotopic (exact) mass is 732 g/mol. The maximum atomic E-state index is 14.6. The molecule has 0 saturated heterocycles. The number of ether oxygens (including phenoxy) is 4. The smallest absolute Gasteiger partial charge is 0.381 e. The summed E-state index contributed by atoms with van der Waals surface area (Å²) in [7, 11) is 0. The number of rotatable bonds is 18. The summed E-state index contributed by atoms with van der Waals surface area (Å²) >= 11 is 0. The Hall–Kier alpha value is -5.09. The fraction of sp³-hybridized carbons (Fsp3) is 0.217. The molecule has 0 bridgehead atoms. The summed E-state index contributed by atoms with van der Waals surface area (Å²) in [5.74, 6) is 0. The van der Waals surface area contributed by atoms with Gasteiger partial charge in [0.05, 0.1) is 26.4 Å². The molecule has 0 saturated carbocycles. The van der Waals surface area contributed by atoms with E-state index in [9.17, 15) is 18.3 Å². The van der Waals surface area contributed by atoms with Crippen LogP contribution in [0.25, 0.3) is 0 Å². The van der Waals surface area contributed by atoms with Crippen LogP contribution in [-0.4, -0.2) is 42.3 Å². The SMILES string of the molecule is OC(C(OCc1ccccc1)C(OCc1ccccc1)C(COC(c1ccccc1)(c1ccccc1)c1ccccc1)OCc1ccccc1)C(F)(F)F. The number of benzene rings is 6. The third-order valence-corrected chi connectivity index (χ3v) is 9.22. The first-order chi connectivity index (χ1) is 26.3. The average Bonchev–Trinajstić information content (AvgIpc) is 3.22. The minimum Gasteiger partial charge on any atom is -0.381 e. The summed E-state index contributed by atoms with van der Waals surface area (Å²) in [4.78, 5) is 0. The number of hydrogen-bond acceptors (Lipinski definition) is 5. The highest BCUT2D eigenvalue weighted by Crippen LogP contribution is 2.41. The van der Waals surface area contributed by atoms with E-state index >= 15 is 0 Å². The molecule has 6 aromatic rings. The first-order valence-electron chi connectivity index (χ1n) is 17.9. The minimum absolute atomic E-state index is 0.0304. The Bertz CT molecular complexity index is 1830. The van der Waals surface area contributed by atoms with Crippen molar-refractivity contribution >= 4 is 0 Å². The molecule has 5 nitrogen and oxygen atoms in total. The number of aliphatic hydroxyl groups is 1. The summed E-state index contributed by atoms with van der Waals surface area (Å²) in [6, 6.07) is 56.3. The number of alkyl halides is 3. The Morgan fingerprint density at radius 3 is 1.09 bits per heavy atom. The van der Waals surface area contributed by atoms with E-state index in [1.54, 1.807) is 30.3 Å². The van der Waals surface area contributed by atoms with Gasteiger partial charge in [-0.1, -0.05) is 182 Å². The lowest BCUT2D eigenvalue weighted by molar-refractivity contribution is -0.269. The van der Waals surface area contributed by atoms with Gasteiger partial charge in [0.2, 0.25) is 0 Å². The Kier molecular flexibility index (Phi) is 13.4. The summed E-state index contributed by atoms with van der Waals surface area (Å²) < 4.78 is 70.1. The summed E-state index contributed by atoms with van der Waals surface area (Å²) in [6.45, 7) is -0.505. The Labute approximate surface area is 314 Å². The van der Waals surface area contributed by atoms with Gasteiger partial charge >= 0.3 is 6.18 Å². The lowest BCUT2D eigenvalue weighted by Crippen LogP contribution is -2.55. The van der Waals surface area contributed by atoms with Crippen LogP contribution in [0.4, 0.5) is 13.2 Å². The van der Waals surface area contributed by atoms with E-state index in [1.165, 1.54) is 0 Å². The summed E-state index contributed by atoms with van der Waals surface area (Å²) in [5, 5.41) is 11.1. The Balaban J connectivity index is 1.46. The molecule has 0 aliphatic rings. The van der Waals surface area contributed by atoms with Crippen molar-refractivity contribution in [2.45, 2.75) is 56.0 Å². The lowest BCUT2D eigenvalue weighted by atomic mass is 9.80. The normalized spacial score (nSPS) is 14.2. The van der Waals surface area contributed by atoms with Crippen LogP contribution in [0.2, 0.25) is 0 Å². The van der Waals surface area contributed by atoms with Crippen LogP contribution in [0.1, 0.15) is 33.4 Å². The molecule has 4 unspecified atom stereocenters. The van der Waals surface area contributed by atoms with Crippen molar-refractivity contribution in [3.63, 3.8) is 0 Å². The minimum atomic E-state index is -5.04. The second-order valence-electron chi connectivity index (χ2n) is 12.9. The van der Waals surface area contributed by atoms with Gasteiger partial charge in [-0.25, -0.2) is 0 Å². The second kappa shape index (κ2) is 18.8. The zero-order chi connectivity index (χ0) is 37.6. The molecule has 0 radical (unpaired) electrons. The Morgan fingerprint density at radius 2 is 0.741 bits per heavy atom. The van der Waals surface area contributed by atoms with E-state index in [1.807, 2.05) is 152 Å². The molecule has 0 aliphatic heterocycles. The van der Waals surface area contributed by atoms with Gasteiger partial charge in [-0.3, -0.25) is 0 Å². The molecule has 6 rings (SSSR count). The van der Waals surface area contributed by atoms with Gasteiger partial charge in [0.1, 0.15) is 23.9 Å². The largest absolute Gasteiger partial charge is 0.417 e. The van der Waals surface area contributed by atoms with Crippen LogP contribution in [0, 0.1) is 0 Å². The highest BCUT2D eigenvalue weighted by Gasteiger charge is 2.50. The van der Waals surface area contributed by atoms with Crippen LogP contribution < -0.4 is 0 Å². The maximum Gasteiger partial charge on any atom is 0.417 e. The van der Waals surface area contributed by atoms with Crippen molar-refractivity contribution < 1.29 is 37.2 Å². The number of hydrogen-bond donors (Lipinski definition) is 1. The zero-order valence-electron chi connectivity index (χ0n) is 29.7. The van der Waals surface area contributed by atoms with Crippen molar-refractivity contribution in [2.75, 3.05) is 6.61 Å². The molecule has 0 fully saturated rings. The van der Waals surface area contributed by atoms with Gasteiger partial charge in [0, 0.05) is 0 Å². The van der Waals surface area contributed by atoms with Crippen molar-refractivity contribution in [3.05, 3.63) is 215 Å². The summed E-state index contributed by atoms with van der Waals surface area (Å²) in [5.41, 5.74) is 3.34. The standard InChI is InChI=1S/C46H43F3O5/c47-46(48,49)44(50)43(53-33-37-23-11-3-12-24-37)42(52-32-36-21-9-2-10-22-36)41(51-31-35-19-7-1-8-20-35)34-54-45(38-25-13-4-14-26-38,39-27-15-5-16-28-39)40-29-17-6-18-30-40/h1-30,41-44,50H,31-34H2. The van der Waals surface area contributed by atoms with Crippen molar-refractivity contribution in [3.8, 4) is 0 Å². The molecule has 278 valence electrons. The fourth-order valence-electron chi connectivity index (χ4n) is 6.49. The lowest BCUT2D eigenvalue weighted by Gasteiger charge is -2.40. The van der Waals surface area contributed by atoms with E-state index < -0.39 is 36.2 Å². The van der Waals surface area contributed by atoms with Crippen LogP contribution in [0.15, 0.2) is 182 Å². The van der Waals surface area contributed by atoms with Gasteiger partial charge in [-0.15, -0.1) is 0 Å². The van der Waals surface area contributed by atoms with Crippen molar-refractivity contribution in [1.82, 2.24) is 0 Å². The van der Waals surface area contributed by atoms with Gasteiger partial charge in [0.25, 0.3) is 0 Å². The predicted molar refractivity (Wildman–Crippen MR) is 202 cm³/mol. The molecule has 4 atom stereocenters. The van der Waals surface area contributed by atoms with E-state index in [2.05, 4.69) is 0 Å². The molecule has 8 heteroatoms. The topological polar surface area (TPSA) is 57.2 Å².